The Kier molecular flexibility index (Phi) is 6.66. The summed E-state index contributed by atoms with van der Waals surface area (Å²) in [6.45, 7) is 5.12. The van der Waals surface area contributed by atoms with Crippen LogP contribution in [0, 0.1) is 19.8 Å². The number of aryl methyl sites for hydroxylation is 3. The number of likely N-dealkylation sites (tertiary alicyclic amines) is 1. The zero-order chi connectivity index (χ0) is 26.5. The number of alkyl halides is 3. The second kappa shape index (κ2) is 9.53. The van der Waals surface area contributed by atoms with Gasteiger partial charge in [0, 0.05) is 24.6 Å². The summed E-state index contributed by atoms with van der Waals surface area (Å²) >= 11 is 0. The van der Waals surface area contributed by atoms with Gasteiger partial charge in [-0.3, -0.25) is 4.79 Å². The van der Waals surface area contributed by atoms with E-state index in [1.54, 1.807) is 6.92 Å². The summed E-state index contributed by atoms with van der Waals surface area (Å²) in [7, 11) is -5.80. The fourth-order valence-corrected chi connectivity index (χ4v) is 5.89. The minimum atomic E-state index is -5.80. The van der Waals surface area contributed by atoms with Gasteiger partial charge < -0.3 is 13.8 Å². The molecule has 2 aliphatic carbocycles. The van der Waals surface area contributed by atoms with Crippen LogP contribution < -0.4 is 8.92 Å². The number of hydrogen-bond donors (Lipinski definition) is 0. The van der Waals surface area contributed by atoms with Crippen molar-refractivity contribution in [2.24, 2.45) is 5.92 Å². The van der Waals surface area contributed by atoms with Gasteiger partial charge in [-0.15, -0.1) is 0 Å². The number of carbonyl (C=O) groups excluding carboxylic acids is 1. The predicted octanol–water partition coefficient (Wildman–Crippen LogP) is 5.71. The van der Waals surface area contributed by atoms with Crippen LogP contribution in [0.1, 0.15) is 71.9 Å². The van der Waals surface area contributed by atoms with Gasteiger partial charge in [0.15, 0.2) is 0 Å². The molecule has 0 aromatic heterocycles. The predicted molar refractivity (Wildman–Crippen MR) is 131 cm³/mol. The van der Waals surface area contributed by atoms with E-state index in [0.717, 1.165) is 49.9 Å². The Bertz CT molecular complexity index is 1310. The van der Waals surface area contributed by atoms with E-state index in [1.807, 2.05) is 30.0 Å². The van der Waals surface area contributed by atoms with Crippen molar-refractivity contribution in [2.75, 3.05) is 13.1 Å². The van der Waals surface area contributed by atoms with Crippen molar-refractivity contribution in [3.8, 4) is 11.5 Å². The SMILES string of the molecule is Cc1cc2c(c(OS(=O)(=O)C(F)(F)F)c1)C(Oc1ccc(C3CCN(C(=O)C4CC4)CC3)cc1C)CC2. The number of ether oxygens (including phenoxy) is 1. The summed E-state index contributed by atoms with van der Waals surface area (Å²) in [4.78, 5) is 14.3. The molecule has 6 nitrogen and oxygen atoms in total. The van der Waals surface area contributed by atoms with E-state index < -0.39 is 21.7 Å². The molecule has 5 rings (SSSR count). The van der Waals surface area contributed by atoms with Crippen LogP contribution in [0.25, 0.3) is 0 Å². The first-order valence-corrected chi connectivity index (χ1v) is 14.0. The van der Waals surface area contributed by atoms with Crippen molar-refractivity contribution in [1.29, 1.82) is 0 Å². The first kappa shape index (κ1) is 25.9. The molecule has 2 aromatic carbocycles. The highest BCUT2D eigenvalue weighted by Gasteiger charge is 2.49. The number of hydrogen-bond acceptors (Lipinski definition) is 5. The second-order valence-corrected chi connectivity index (χ2v) is 11.9. The van der Waals surface area contributed by atoms with E-state index in [-0.39, 0.29) is 17.6 Å². The standard InChI is InChI=1S/C27H30F3NO5S/c1-16-13-21-6-8-23(25(21)24(14-16)36-37(33,34)27(28,29)30)35-22-7-5-20(15-17(22)2)18-9-11-31(12-10-18)26(32)19-3-4-19/h5,7,13-15,18-19,23H,3-4,6,8-12H2,1-2H3. The average molecular weight is 538 g/mol. The Balaban J connectivity index is 1.31. The molecule has 1 unspecified atom stereocenters. The summed E-state index contributed by atoms with van der Waals surface area (Å²) < 4.78 is 73.2. The van der Waals surface area contributed by atoms with Crippen LogP contribution in [0.4, 0.5) is 13.2 Å². The molecule has 3 aliphatic rings. The minimum absolute atomic E-state index is 0.236. The van der Waals surface area contributed by atoms with Gasteiger partial charge >= 0.3 is 15.6 Å². The van der Waals surface area contributed by atoms with Crippen molar-refractivity contribution in [2.45, 2.75) is 69.9 Å². The largest absolute Gasteiger partial charge is 0.534 e. The number of carbonyl (C=O) groups is 1. The van der Waals surface area contributed by atoms with E-state index in [2.05, 4.69) is 10.2 Å². The third-order valence-corrected chi connectivity index (χ3v) is 8.49. The van der Waals surface area contributed by atoms with Gasteiger partial charge in [0.2, 0.25) is 5.91 Å². The fraction of sp³-hybridized carbons (Fsp3) is 0.519. The van der Waals surface area contributed by atoms with Crippen LogP contribution in [0.15, 0.2) is 30.3 Å². The van der Waals surface area contributed by atoms with Crippen LogP contribution >= 0.6 is 0 Å². The number of rotatable bonds is 6. The zero-order valence-electron chi connectivity index (χ0n) is 20.8. The van der Waals surface area contributed by atoms with Crippen LogP contribution in [0.3, 0.4) is 0 Å². The highest BCUT2D eigenvalue weighted by molar-refractivity contribution is 7.88. The lowest BCUT2D eigenvalue weighted by Crippen LogP contribution is -2.38. The normalized spacial score (nSPS) is 20.6. The van der Waals surface area contributed by atoms with E-state index in [0.29, 0.717) is 35.6 Å². The molecule has 0 radical (unpaired) electrons. The van der Waals surface area contributed by atoms with E-state index in [9.17, 15) is 26.4 Å². The monoisotopic (exact) mass is 537 g/mol. The lowest BCUT2D eigenvalue weighted by molar-refractivity contribution is -0.133. The summed E-state index contributed by atoms with van der Waals surface area (Å²) in [5, 5.41) is 0. The molecule has 1 aliphatic heterocycles. The van der Waals surface area contributed by atoms with Gasteiger partial charge in [0.05, 0.1) is 0 Å². The van der Waals surface area contributed by atoms with Gasteiger partial charge in [-0.1, -0.05) is 18.2 Å². The van der Waals surface area contributed by atoms with Crippen molar-refractivity contribution >= 4 is 16.0 Å². The number of benzene rings is 2. The smallest absolute Gasteiger partial charge is 0.485 e. The molecule has 10 heteroatoms. The molecule has 2 aromatic rings. The van der Waals surface area contributed by atoms with E-state index in [1.165, 1.54) is 11.6 Å². The van der Waals surface area contributed by atoms with Gasteiger partial charge in [-0.25, -0.2) is 0 Å². The first-order chi connectivity index (χ1) is 17.4. The molecule has 1 atom stereocenters. The van der Waals surface area contributed by atoms with Gasteiger partial charge in [-0.2, -0.15) is 21.6 Å². The molecule has 1 saturated heterocycles. The number of fused-ring (bicyclic) bond motifs is 1. The summed E-state index contributed by atoms with van der Waals surface area (Å²) in [6.07, 6.45) is 4.24. The molecular weight excluding hydrogens is 507 g/mol. The summed E-state index contributed by atoms with van der Waals surface area (Å²) in [6, 6.07) is 9.06. The fourth-order valence-electron chi connectivity index (χ4n) is 5.43. The Morgan fingerprint density at radius 1 is 0.973 bits per heavy atom. The number of amides is 1. The van der Waals surface area contributed by atoms with Gasteiger partial charge in [0.1, 0.15) is 17.6 Å². The summed E-state index contributed by atoms with van der Waals surface area (Å²) in [5.41, 5.74) is -1.79. The first-order valence-electron chi connectivity index (χ1n) is 12.6. The third kappa shape index (κ3) is 5.30. The Hall–Kier alpha value is -2.75. The third-order valence-electron chi connectivity index (χ3n) is 7.53. The van der Waals surface area contributed by atoms with Gasteiger partial charge in [0.25, 0.3) is 0 Å². The molecule has 0 bridgehead atoms. The average Bonchev–Trinajstić information content (AvgIpc) is 3.60. The van der Waals surface area contributed by atoms with Crippen molar-refractivity contribution in [1.82, 2.24) is 4.90 Å². The zero-order valence-corrected chi connectivity index (χ0v) is 21.6. The molecule has 2 fully saturated rings. The van der Waals surface area contributed by atoms with Crippen LogP contribution in [-0.4, -0.2) is 37.8 Å². The van der Waals surface area contributed by atoms with E-state index >= 15 is 0 Å². The van der Waals surface area contributed by atoms with Crippen molar-refractivity contribution in [3.05, 3.63) is 58.1 Å². The molecule has 37 heavy (non-hydrogen) atoms. The topological polar surface area (TPSA) is 72.9 Å². The van der Waals surface area contributed by atoms with Gasteiger partial charge in [-0.05, 0) is 92.7 Å². The highest BCUT2D eigenvalue weighted by Crippen LogP contribution is 2.44. The molecular formula is C27H30F3NO5S. The Labute approximate surface area is 214 Å². The van der Waals surface area contributed by atoms with Crippen LogP contribution in [0.5, 0.6) is 11.5 Å². The Morgan fingerprint density at radius 3 is 2.30 bits per heavy atom. The highest BCUT2D eigenvalue weighted by atomic mass is 32.2. The van der Waals surface area contributed by atoms with Crippen molar-refractivity contribution in [3.63, 3.8) is 0 Å². The molecule has 0 N–H and O–H groups in total. The van der Waals surface area contributed by atoms with Crippen molar-refractivity contribution < 1.29 is 35.3 Å². The summed E-state index contributed by atoms with van der Waals surface area (Å²) in [5.74, 6) is 1.12. The molecule has 200 valence electrons. The maximum absolute atomic E-state index is 13.0. The van der Waals surface area contributed by atoms with Crippen LogP contribution in [0.2, 0.25) is 0 Å². The lowest BCUT2D eigenvalue weighted by atomic mass is 9.88. The lowest BCUT2D eigenvalue weighted by Gasteiger charge is -2.32. The molecule has 1 saturated carbocycles. The number of halogens is 3. The quantitative estimate of drug-likeness (QED) is 0.349. The van der Waals surface area contributed by atoms with Crippen LogP contribution in [-0.2, 0) is 21.3 Å². The minimum Gasteiger partial charge on any atom is -0.485 e. The second-order valence-electron chi connectivity index (χ2n) is 10.4. The Morgan fingerprint density at radius 2 is 1.68 bits per heavy atom. The molecule has 1 heterocycles. The molecule has 0 spiro atoms. The maximum atomic E-state index is 13.0. The maximum Gasteiger partial charge on any atom is 0.534 e. The number of piperidine rings is 1. The number of nitrogens with zero attached hydrogens (tertiary/aromatic N) is 1. The van der Waals surface area contributed by atoms with E-state index in [4.69, 9.17) is 4.74 Å². The molecule has 1 amide bonds.